The van der Waals surface area contributed by atoms with Gasteiger partial charge in [0.1, 0.15) is 5.82 Å². The van der Waals surface area contributed by atoms with Gasteiger partial charge in [0.2, 0.25) is 0 Å². The molecule has 0 spiro atoms. The van der Waals surface area contributed by atoms with Crippen LogP contribution in [0.1, 0.15) is 11.1 Å². The lowest BCUT2D eigenvalue weighted by Crippen LogP contribution is -2.30. The van der Waals surface area contributed by atoms with Gasteiger partial charge in [-0.15, -0.1) is 0 Å². The first-order valence-corrected chi connectivity index (χ1v) is 9.96. The molecule has 2 aromatic carbocycles. The first kappa shape index (κ1) is 16.6. The van der Waals surface area contributed by atoms with Crippen LogP contribution in [0.3, 0.4) is 0 Å². The molecule has 0 saturated carbocycles. The van der Waals surface area contributed by atoms with E-state index in [-0.39, 0.29) is 4.90 Å². The van der Waals surface area contributed by atoms with Crippen LogP contribution in [0.15, 0.2) is 77.8 Å². The van der Waals surface area contributed by atoms with Gasteiger partial charge in [-0.05, 0) is 41.8 Å². The summed E-state index contributed by atoms with van der Waals surface area (Å²) in [6.45, 7) is 1.76. The van der Waals surface area contributed by atoms with Gasteiger partial charge in [0.15, 0.2) is 0 Å². The molecule has 0 unspecified atom stereocenters. The Morgan fingerprint density at radius 2 is 1.62 bits per heavy atom. The number of nitrogens with one attached hydrogen (secondary N) is 1. The average Bonchev–Trinajstić information content (AvgIpc) is 2.69. The van der Waals surface area contributed by atoms with E-state index in [1.165, 1.54) is 11.1 Å². The fourth-order valence-electron chi connectivity index (χ4n) is 3.15. The number of fused-ring (bicyclic) bond motifs is 1. The Labute approximate surface area is 153 Å². The standard InChI is InChI=1S/C20H19N3O2S/c24-26(25,19-8-2-1-3-9-19)22-20-11-10-18(14-21-20)23-13-12-16-6-4-5-7-17(16)15-23/h1-11,14H,12-13,15H2,(H,21,22). The van der Waals surface area contributed by atoms with Gasteiger partial charge in [-0.25, -0.2) is 13.4 Å². The largest absolute Gasteiger partial charge is 0.366 e. The van der Waals surface area contributed by atoms with Crippen molar-refractivity contribution in [1.29, 1.82) is 0 Å². The van der Waals surface area contributed by atoms with Crippen LogP contribution < -0.4 is 9.62 Å². The summed E-state index contributed by atoms with van der Waals surface area (Å²) < 4.78 is 27.3. The maximum atomic E-state index is 12.4. The summed E-state index contributed by atoms with van der Waals surface area (Å²) in [6.07, 6.45) is 2.72. The SMILES string of the molecule is O=S(=O)(Nc1ccc(N2CCc3ccccc3C2)cn1)c1ccccc1. The molecule has 1 aromatic heterocycles. The van der Waals surface area contributed by atoms with Gasteiger partial charge >= 0.3 is 0 Å². The third kappa shape index (κ3) is 3.41. The van der Waals surface area contributed by atoms with E-state index in [1.54, 1.807) is 42.6 Å². The Bertz CT molecular complexity index is 1000. The molecule has 4 rings (SSSR count). The van der Waals surface area contributed by atoms with Crippen molar-refractivity contribution in [3.05, 3.63) is 84.1 Å². The van der Waals surface area contributed by atoms with E-state index in [9.17, 15) is 8.42 Å². The Kier molecular flexibility index (Phi) is 4.34. The maximum Gasteiger partial charge on any atom is 0.263 e. The van der Waals surface area contributed by atoms with Crippen LogP contribution in [0.25, 0.3) is 0 Å². The van der Waals surface area contributed by atoms with Crippen molar-refractivity contribution in [2.75, 3.05) is 16.2 Å². The molecule has 0 fully saturated rings. The minimum atomic E-state index is -3.62. The number of sulfonamides is 1. The van der Waals surface area contributed by atoms with Crippen molar-refractivity contribution in [1.82, 2.24) is 4.98 Å². The minimum absolute atomic E-state index is 0.221. The summed E-state index contributed by atoms with van der Waals surface area (Å²) >= 11 is 0. The van der Waals surface area contributed by atoms with Crippen molar-refractivity contribution in [2.24, 2.45) is 0 Å². The van der Waals surface area contributed by atoms with Gasteiger partial charge in [0, 0.05) is 13.1 Å². The fourth-order valence-corrected chi connectivity index (χ4v) is 4.18. The number of aromatic nitrogens is 1. The molecule has 1 N–H and O–H groups in total. The summed E-state index contributed by atoms with van der Waals surface area (Å²) in [5, 5.41) is 0. The highest BCUT2D eigenvalue weighted by molar-refractivity contribution is 7.92. The number of pyridine rings is 1. The molecule has 2 heterocycles. The Balaban J connectivity index is 1.49. The van der Waals surface area contributed by atoms with Crippen molar-refractivity contribution in [2.45, 2.75) is 17.9 Å². The van der Waals surface area contributed by atoms with Gasteiger partial charge in [0.05, 0.1) is 16.8 Å². The van der Waals surface area contributed by atoms with E-state index in [0.717, 1.165) is 25.2 Å². The molecule has 0 saturated heterocycles. The monoisotopic (exact) mass is 365 g/mol. The zero-order valence-corrected chi connectivity index (χ0v) is 15.0. The van der Waals surface area contributed by atoms with Crippen LogP contribution in [0.4, 0.5) is 11.5 Å². The van der Waals surface area contributed by atoms with E-state index >= 15 is 0 Å². The number of benzene rings is 2. The highest BCUT2D eigenvalue weighted by atomic mass is 32.2. The Hall–Kier alpha value is -2.86. The number of hydrogen-bond acceptors (Lipinski definition) is 4. The first-order valence-electron chi connectivity index (χ1n) is 8.47. The average molecular weight is 365 g/mol. The van der Waals surface area contributed by atoms with Crippen molar-refractivity contribution in [3.8, 4) is 0 Å². The van der Waals surface area contributed by atoms with Crippen LogP contribution >= 0.6 is 0 Å². The summed E-state index contributed by atoms with van der Waals surface area (Å²) in [4.78, 5) is 6.76. The molecule has 0 radical (unpaired) electrons. The quantitative estimate of drug-likeness (QED) is 0.769. The molecule has 132 valence electrons. The van der Waals surface area contributed by atoms with Crippen molar-refractivity contribution in [3.63, 3.8) is 0 Å². The molecule has 6 heteroatoms. The minimum Gasteiger partial charge on any atom is -0.366 e. The van der Waals surface area contributed by atoms with Crippen LogP contribution in [-0.2, 0) is 23.0 Å². The Morgan fingerprint density at radius 1 is 0.885 bits per heavy atom. The molecule has 0 atom stereocenters. The van der Waals surface area contributed by atoms with Crippen LogP contribution in [0.2, 0.25) is 0 Å². The van der Waals surface area contributed by atoms with Gasteiger partial charge in [-0.2, -0.15) is 0 Å². The second kappa shape index (κ2) is 6.80. The van der Waals surface area contributed by atoms with Crippen LogP contribution in [0, 0.1) is 0 Å². The third-order valence-corrected chi connectivity index (χ3v) is 5.91. The van der Waals surface area contributed by atoms with E-state index < -0.39 is 10.0 Å². The van der Waals surface area contributed by atoms with E-state index in [2.05, 4.69) is 38.9 Å². The second-order valence-electron chi connectivity index (χ2n) is 6.26. The summed E-state index contributed by atoms with van der Waals surface area (Å²) in [5.74, 6) is 0.315. The molecule has 3 aromatic rings. The number of hydrogen-bond donors (Lipinski definition) is 1. The van der Waals surface area contributed by atoms with Crippen LogP contribution in [0.5, 0.6) is 0 Å². The first-order chi connectivity index (χ1) is 12.6. The van der Waals surface area contributed by atoms with Gasteiger partial charge in [0.25, 0.3) is 10.0 Å². The molecule has 1 aliphatic heterocycles. The topological polar surface area (TPSA) is 62.3 Å². The molecule has 26 heavy (non-hydrogen) atoms. The predicted molar refractivity (Wildman–Crippen MR) is 103 cm³/mol. The van der Waals surface area contributed by atoms with Crippen LogP contribution in [-0.4, -0.2) is 19.9 Å². The highest BCUT2D eigenvalue weighted by Crippen LogP contribution is 2.25. The zero-order valence-electron chi connectivity index (χ0n) is 14.2. The number of nitrogens with zero attached hydrogens (tertiary/aromatic N) is 2. The third-order valence-electron chi connectivity index (χ3n) is 4.54. The molecule has 0 amide bonds. The van der Waals surface area contributed by atoms with E-state index in [1.807, 2.05) is 6.07 Å². The smallest absolute Gasteiger partial charge is 0.263 e. The summed E-state index contributed by atoms with van der Waals surface area (Å²) in [5.41, 5.74) is 3.71. The molecule has 1 aliphatic rings. The lowest BCUT2D eigenvalue weighted by Gasteiger charge is -2.30. The molecular formula is C20H19N3O2S. The maximum absolute atomic E-state index is 12.4. The normalized spacial score (nSPS) is 13.9. The van der Waals surface area contributed by atoms with Gasteiger partial charge in [-0.1, -0.05) is 42.5 Å². The number of rotatable bonds is 4. The molecular weight excluding hydrogens is 346 g/mol. The molecule has 5 nitrogen and oxygen atoms in total. The molecule has 0 bridgehead atoms. The van der Waals surface area contributed by atoms with Crippen molar-refractivity contribution >= 4 is 21.5 Å². The van der Waals surface area contributed by atoms with Gasteiger partial charge < -0.3 is 4.90 Å². The molecule has 0 aliphatic carbocycles. The summed E-state index contributed by atoms with van der Waals surface area (Å²) in [7, 11) is -3.62. The predicted octanol–water partition coefficient (Wildman–Crippen LogP) is 3.45. The van der Waals surface area contributed by atoms with E-state index in [0.29, 0.717) is 5.82 Å². The lowest BCUT2D eigenvalue weighted by atomic mass is 10.00. The number of anilines is 2. The van der Waals surface area contributed by atoms with E-state index in [4.69, 9.17) is 0 Å². The van der Waals surface area contributed by atoms with Crippen molar-refractivity contribution < 1.29 is 8.42 Å². The van der Waals surface area contributed by atoms with Gasteiger partial charge in [-0.3, -0.25) is 4.72 Å². The fraction of sp³-hybridized carbons (Fsp3) is 0.150. The lowest BCUT2D eigenvalue weighted by molar-refractivity contribution is 0.601. The summed E-state index contributed by atoms with van der Waals surface area (Å²) in [6, 6.07) is 20.3. The zero-order chi connectivity index (χ0) is 18.0. The Morgan fingerprint density at radius 3 is 2.35 bits per heavy atom. The second-order valence-corrected chi connectivity index (χ2v) is 7.94. The highest BCUT2D eigenvalue weighted by Gasteiger charge is 2.17.